The normalized spacial score (nSPS) is 10.5. The first kappa shape index (κ1) is 17.2. The highest BCUT2D eigenvalue weighted by atomic mass is 79.9. The highest BCUT2D eigenvalue weighted by Crippen LogP contribution is 2.10. The molecule has 2 N–H and O–H groups in total. The number of halogens is 2. The number of benzene rings is 2. The van der Waals surface area contributed by atoms with Crippen LogP contribution >= 0.6 is 27.5 Å². The molecule has 0 atom stereocenters. The fourth-order valence-corrected chi connectivity index (χ4v) is 2.21. The van der Waals surface area contributed by atoms with E-state index < -0.39 is 11.8 Å². The Balaban J connectivity index is 1.80. The van der Waals surface area contributed by atoms with Gasteiger partial charge in [0.1, 0.15) is 0 Å². The lowest BCUT2D eigenvalue weighted by molar-refractivity contribution is -0.139. The molecule has 0 saturated carbocycles. The summed E-state index contributed by atoms with van der Waals surface area (Å²) in [5.41, 5.74) is 3.81. The molecular formula is C16H13BrClN3O2. The average molecular weight is 395 g/mol. The van der Waals surface area contributed by atoms with Gasteiger partial charge in [-0.1, -0.05) is 51.8 Å². The van der Waals surface area contributed by atoms with Crippen molar-refractivity contribution in [2.24, 2.45) is 5.10 Å². The van der Waals surface area contributed by atoms with Crippen LogP contribution in [0.15, 0.2) is 58.1 Å². The predicted octanol–water partition coefficient (Wildman–Crippen LogP) is 2.87. The molecule has 0 saturated heterocycles. The first-order valence-electron chi connectivity index (χ1n) is 6.66. The predicted molar refractivity (Wildman–Crippen MR) is 93.2 cm³/mol. The third-order valence-electron chi connectivity index (χ3n) is 2.80. The number of amides is 2. The molecule has 0 bridgehead atoms. The molecule has 0 aromatic heterocycles. The van der Waals surface area contributed by atoms with Gasteiger partial charge in [-0.25, -0.2) is 5.43 Å². The largest absolute Gasteiger partial charge is 0.344 e. The number of hydrogen-bond donors (Lipinski definition) is 2. The van der Waals surface area contributed by atoms with Gasteiger partial charge in [-0.3, -0.25) is 9.59 Å². The Morgan fingerprint density at radius 1 is 1.13 bits per heavy atom. The Kier molecular flexibility index (Phi) is 6.31. The molecule has 5 nitrogen and oxygen atoms in total. The summed E-state index contributed by atoms with van der Waals surface area (Å²) in [5.74, 6) is -1.59. The van der Waals surface area contributed by atoms with Crippen molar-refractivity contribution in [3.63, 3.8) is 0 Å². The van der Waals surface area contributed by atoms with Crippen molar-refractivity contribution in [1.29, 1.82) is 0 Å². The van der Waals surface area contributed by atoms with Gasteiger partial charge >= 0.3 is 11.8 Å². The summed E-state index contributed by atoms with van der Waals surface area (Å²) >= 11 is 9.10. The van der Waals surface area contributed by atoms with Crippen molar-refractivity contribution < 1.29 is 9.59 Å². The van der Waals surface area contributed by atoms with E-state index >= 15 is 0 Å². The maximum atomic E-state index is 11.6. The van der Waals surface area contributed by atoms with Crippen LogP contribution in [0.5, 0.6) is 0 Å². The van der Waals surface area contributed by atoms with Gasteiger partial charge in [-0.2, -0.15) is 5.10 Å². The third kappa shape index (κ3) is 5.84. The fraction of sp³-hybridized carbons (Fsp3) is 0.0625. The summed E-state index contributed by atoms with van der Waals surface area (Å²) in [6.45, 7) is 0.235. The van der Waals surface area contributed by atoms with Gasteiger partial charge in [0, 0.05) is 16.0 Å². The van der Waals surface area contributed by atoms with E-state index in [-0.39, 0.29) is 6.54 Å². The minimum Gasteiger partial charge on any atom is -0.344 e. The second-order valence-corrected chi connectivity index (χ2v) is 5.92. The SMILES string of the molecule is O=C(NCc1ccc(Cl)cc1)C(=O)N/N=C\c1cccc(Br)c1. The molecule has 2 aromatic rings. The summed E-state index contributed by atoms with van der Waals surface area (Å²) in [5, 5.41) is 6.86. The van der Waals surface area contributed by atoms with Gasteiger partial charge in [-0.15, -0.1) is 0 Å². The van der Waals surface area contributed by atoms with E-state index in [1.165, 1.54) is 6.21 Å². The van der Waals surface area contributed by atoms with Crippen molar-refractivity contribution in [2.45, 2.75) is 6.54 Å². The number of nitrogens with zero attached hydrogens (tertiary/aromatic N) is 1. The Bertz CT molecular complexity index is 732. The zero-order valence-electron chi connectivity index (χ0n) is 11.9. The number of nitrogens with one attached hydrogen (secondary N) is 2. The van der Waals surface area contributed by atoms with E-state index in [1.54, 1.807) is 24.3 Å². The van der Waals surface area contributed by atoms with Crippen molar-refractivity contribution >= 4 is 45.6 Å². The lowest BCUT2D eigenvalue weighted by Crippen LogP contribution is -2.37. The molecule has 23 heavy (non-hydrogen) atoms. The van der Waals surface area contributed by atoms with Crippen LogP contribution in [0.1, 0.15) is 11.1 Å². The van der Waals surface area contributed by atoms with Crippen LogP contribution in [0.2, 0.25) is 5.02 Å². The summed E-state index contributed by atoms with van der Waals surface area (Å²) in [7, 11) is 0. The van der Waals surface area contributed by atoms with E-state index in [0.717, 1.165) is 15.6 Å². The minimum atomic E-state index is -0.829. The molecule has 7 heteroatoms. The molecular weight excluding hydrogens is 382 g/mol. The molecule has 0 fully saturated rings. The zero-order valence-corrected chi connectivity index (χ0v) is 14.3. The second-order valence-electron chi connectivity index (χ2n) is 4.56. The molecule has 0 aliphatic heterocycles. The first-order valence-corrected chi connectivity index (χ1v) is 7.83. The smallest absolute Gasteiger partial charge is 0.329 e. The fourth-order valence-electron chi connectivity index (χ4n) is 1.67. The Morgan fingerprint density at radius 2 is 1.87 bits per heavy atom. The lowest BCUT2D eigenvalue weighted by atomic mass is 10.2. The maximum Gasteiger partial charge on any atom is 0.329 e. The first-order chi connectivity index (χ1) is 11.0. The molecule has 2 amide bonds. The van der Waals surface area contributed by atoms with E-state index in [4.69, 9.17) is 11.6 Å². The Hall–Kier alpha value is -2.18. The van der Waals surface area contributed by atoms with Crippen molar-refractivity contribution in [2.75, 3.05) is 0 Å². The van der Waals surface area contributed by atoms with Crippen LogP contribution < -0.4 is 10.7 Å². The van der Waals surface area contributed by atoms with Crippen LogP contribution in [0, 0.1) is 0 Å². The Morgan fingerprint density at radius 3 is 2.57 bits per heavy atom. The zero-order chi connectivity index (χ0) is 16.7. The van der Waals surface area contributed by atoms with E-state index in [9.17, 15) is 9.59 Å². The van der Waals surface area contributed by atoms with Crippen LogP contribution in [0.4, 0.5) is 0 Å². The average Bonchev–Trinajstić information content (AvgIpc) is 2.54. The van der Waals surface area contributed by atoms with Crippen molar-refractivity contribution in [1.82, 2.24) is 10.7 Å². The molecule has 0 aliphatic rings. The molecule has 0 unspecified atom stereocenters. The van der Waals surface area contributed by atoms with E-state index in [1.807, 2.05) is 24.3 Å². The molecule has 0 spiro atoms. The molecule has 0 radical (unpaired) electrons. The molecule has 2 aromatic carbocycles. The summed E-state index contributed by atoms with van der Waals surface area (Å²) in [6.07, 6.45) is 1.45. The van der Waals surface area contributed by atoms with Gasteiger partial charge < -0.3 is 5.32 Å². The van der Waals surface area contributed by atoms with Crippen molar-refractivity contribution in [3.8, 4) is 0 Å². The number of hydrazone groups is 1. The number of carbonyl (C=O) groups excluding carboxylic acids is 2. The van der Waals surface area contributed by atoms with Gasteiger partial charge in [0.2, 0.25) is 0 Å². The quantitative estimate of drug-likeness (QED) is 0.475. The highest BCUT2D eigenvalue weighted by Gasteiger charge is 2.11. The third-order valence-corrected chi connectivity index (χ3v) is 3.55. The molecule has 2 rings (SSSR count). The number of rotatable bonds is 4. The number of carbonyl (C=O) groups is 2. The maximum absolute atomic E-state index is 11.6. The van der Waals surface area contributed by atoms with Gasteiger partial charge in [0.15, 0.2) is 0 Å². The van der Waals surface area contributed by atoms with E-state index in [0.29, 0.717) is 5.02 Å². The lowest BCUT2D eigenvalue weighted by Gasteiger charge is -2.04. The van der Waals surface area contributed by atoms with Gasteiger partial charge in [0.25, 0.3) is 0 Å². The number of hydrogen-bond acceptors (Lipinski definition) is 3. The van der Waals surface area contributed by atoms with Crippen LogP contribution in [-0.2, 0) is 16.1 Å². The topological polar surface area (TPSA) is 70.6 Å². The van der Waals surface area contributed by atoms with Crippen LogP contribution in [0.25, 0.3) is 0 Å². The van der Waals surface area contributed by atoms with Crippen LogP contribution in [-0.4, -0.2) is 18.0 Å². The van der Waals surface area contributed by atoms with Crippen LogP contribution in [0.3, 0.4) is 0 Å². The molecule has 0 heterocycles. The summed E-state index contributed by atoms with van der Waals surface area (Å²) < 4.78 is 0.897. The standard InChI is InChI=1S/C16H13BrClN3O2/c17-13-3-1-2-12(8-13)10-20-21-16(23)15(22)19-9-11-4-6-14(18)7-5-11/h1-8,10H,9H2,(H,19,22)(H,21,23)/b20-10-. The van der Waals surface area contributed by atoms with Gasteiger partial charge in [0.05, 0.1) is 6.21 Å². The Labute approximate surface area is 146 Å². The van der Waals surface area contributed by atoms with Crippen molar-refractivity contribution in [3.05, 3.63) is 69.2 Å². The summed E-state index contributed by atoms with van der Waals surface area (Å²) in [6, 6.07) is 14.3. The molecule has 0 aliphatic carbocycles. The van der Waals surface area contributed by atoms with Gasteiger partial charge in [-0.05, 0) is 35.4 Å². The monoisotopic (exact) mass is 393 g/mol. The highest BCUT2D eigenvalue weighted by molar-refractivity contribution is 9.10. The summed E-state index contributed by atoms with van der Waals surface area (Å²) in [4.78, 5) is 23.3. The second kappa shape index (κ2) is 8.45. The van der Waals surface area contributed by atoms with E-state index in [2.05, 4.69) is 31.8 Å². The molecule has 118 valence electrons. The minimum absolute atomic E-state index is 0.235.